The monoisotopic (exact) mass is 440 g/mol. The van der Waals surface area contributed by atoms with Gasteiger partial charge < -0.3 is 15.5 Å². The summed E-state index contributed by atoms with van der Waals surface area (Å²) in [5.74, 6) is 1.71. The molecule has 1 aromatic carbocycles. The molecule has 0 atom stereocenters. The Morgan fingerprint density at radius 3 is 2.73 bits per heavy atom. The summed E-state index contributed by atoms with van der Waals surface area (Å²) in [6.45, 7) is 4.80. The number of hydrogen-bond acceptors (Lipinski definition) is 7. The van der Waals surface area contributed by atoms with Crippen LogP contribution in [0, 0.1) is 0 Å². The summed E-state index contributed by atoms with van der Waals surface area (Å²) >= 11 is 0. The number of nitrogens with one attached hydrogen (secondary N) is 1. The van der Waals surface area contributed by atoms with Crippen molar-refractivity contribution in [1.82, 2.24) is 25.1 Å². The van der Waals surface area contributed by atoms with Gasteiger partial charge in [0.15, 0.2) is 17.0 Å². The molecule has 4 aromatic rings. The zero-order valence-corrected chi connectivity index (χ0v) is 18.8. The molecule has 0 spiro atoms. The van der Waals surface area contributed by atoms with Gasteiger partial charge >= 0.3 is 0 Å². The van der Waals surface area contributed by atoms with Crippen LogP contribution in [0.15, 0.2) is 48.8 Å². The molecule has 2 aliphatic heterocycles. The molecule has 1 fully saturated rings. The maximum Gasteiger partial charge on any atom is 0.183 e. The Balaban J connectivity index is 1.35. The quantitative estimate of drug-likeness (QED) is 0.500. The topological polar surface area (TPSA) is 99.9 Å². The first kappa shape index (κ1) is 20.1. The fraction of sp³-hybridized carbons (Fsp3) is 0.360. The van der Waals surface area contributed by atoms with Gasteiger partial charge in [-0.3, -0.25) is 10.1 Å². The highest BCUT2D eigenvalue weighted by molar-refractivity contribution is 5.89. The molecule has 3 N–H and O–H groups in total. The minimum absolute atomic E-state index is 0.0923. The van der Waals surface area contributed by atoms with Crippen molar-refractivity contribution in [3.05, 3.63) is 54.4 Å². The molecule has 0 radical (unpaired) electrons. The summed E-state index contributed by atoms with van der Waals surface area (Å²) in [6.07, 6.45) is 7.68. The average molecular weight is 441 g/mol. The van der Waals surface area contributed by atoms with Crippen molar-refractivity contribution in [2.75, 3.05) is 29.4 Å². The standard InChI is InChI=1S/C25H28N8/c1-25(26)10-14-32(15-11-25)21-16-28-22-23(29-21)30-31-24(22)33-13-5-7-18-17(6-4-9-20(18)33)19-8-2-3-12-27-19/h2-4,6,8-9,12,16H,5,7,10-11,13-15,26H2,1H3,(H,29,30,31). The Kier molecular flexibility index (Phi) is 4.76. The predicted molar refractivity (Wildman–Crippen MR) is 131 cm³/mol. The van der Waals surface area contributed by atoms with E-state index in [-0.39, 0.29) is 5.54 Å². The minimum atomic E-state index is -0.0923. The lowest BCUT2D eigenvalue weighted by Crippen LogP contribution is -2.48. The number of pyridine rings is 1. The Morgan fingerprint density at radius 1 is 1.03 bits per heavy atom. The average Bonchev–Trinajstić information content (AvgIpc) is 3.27. The number of benzene rings is 1. The molecule has 8 nitrogen and oxygen atoms in total. The van der Waals surface area contributed by atoms with Crippen LogP contribution in [0.4, 0.5) is 17.3 Å². The molecule has 1 saturated heterocycles. The maximum absolute atomic E-state index is 6.29. The van der Waals surface area contributed by atoms with Crippen molar-refractivity contribution >= 4 is 28.5 Å². The minimum Gasteiger partial charge on any atom is -0.355 e. The smallest absolute Gasteiger partial charge is 0.183 e. The second kappa shape index (κ2) is 7.81. The van der Waals surface area contributed by atoms with Gasteiger partial charge in [-0.2, -0.15) is 5.10 Å². The Morgan fingerprint density at radius 2 is 1.91 bits per heavy atom. The second-order valence-electron chi connectivity index (χ2n) is 9.39. The Labute approximate surface area is 192 Å². The molecule has 0 unspecified atom stereocenters. The Bertz CT molecular complexity index is 1290. The summed E-state index contributed by atoms with van der Waals surface area (Å²) in [5, 5.41) is 7.78. The summed E-state index contributed by atoms with van der Waals surface area (Å²) in [7, 11) is 0. The lowest BCUT2D eigenvalue weighted by atomic mass is 9.91. The third-order valence-electron chi connectivity index (χ3n) is 6.92. The van der Waals surface area contributed by atoms with Gasteiger partial charge in [0.1, 0.15) is 5.82 Å². The van der Waals surface area contributed by atoms with E-state index < -0.39 is 0 Å². The lowest BCUT2D eigenvalue weighted by molar-refractivity contribution is 0.363. The predicted octanol–water partition coefficient (Wildman–Crippen LogP) is 3.82. The van der Waals surface area contributed by atoms with Gasteiger partial charge in [0.2, 0.25) is 0 Å². The van der Waals surface area contributed by atoms with E-state index in [1.54, 1.807) is 0 Å². The van der Waals surface area contributed by atoms with Gasteiger partial charge in [-0.25, -0.2) is 9.97 Å². The van der Waals surface area contributed by atoms with Crippen LogP contribution < -0.4 is 15.5 Å². The number of rotatable bonds is 3. The SMILES string of the molecule is CC1(N)CCN(c2cnc3c(N4CCCc5c(-c6ccccn6)cccc54)n[nH]c3n2)CC1. The van der Waals surface area contributed by atoms with Crippen molar-refractivity contribution < 1.29 is 0 Å². The zero-order chi connectivity index (χ0) is 22.4. The molecular formula is C25H28N8. The van der Waals surface area contributed by atoms with Crippen LogP contribution in [-0.2, 0) is 6.42 Å². The highest BCUT2D eigenvalue weighted by Gasteiger charge is 2.28. The molecule has 6 rings (SSSR count). The van der Waals surface area contributed by atoms with E-state index in [2.05, 4.69) is 56.2 Å². The molecule has 5 heterocycles. The van der Waals surface area contributed by atoms with Crippen molar-refractivity contribution in [2.24, 2.45) is 5.73 Å². The number of aromatic amines is 1. The summed E-state index contributed by atoms with van der Waals surface area (Å²) in [5.41, 5.74) is 12.4. The van der Waals surface area contributed by atoms with E-state index >= 15 is 0 Å². The summed E-state index contributed by atoms with van der Waals surface area (Å²) < 4.78 is 0. The van der Waals surface area contributed by atoms with Crippen molar-refractivity contribution in [2.45, 2.75) is 38.1 Å². The van der Waals surface area contributed by atoms with Crippen LogP contribution in [0.3, 0.4) is 0 Å². The van der Waals surface area contributed by atoms with E-state index in [4.69, 9.17) is 15.7 Å². The molecule has 0 saturated carbocycles. The van der Waals surface area contributed by atoms with E-state index in [1.165, 1.54) is 16.8 Å². The third-order valence-corrected chi connectivity index (χ3v) is 6.92. The molecule has 0 bridgehead atoms. The molecule has 0 amide bonds. The van der Waals surface area contributed by atoms with E-state index in [9.17, 15) is 0 Å². The normalized spacial score (nSPS) is 17.9. The van der Waals surface area contributed by atoms with Gasteiger partial charge in [0.25, 0.3) is 0 Å². The number of nitrogens with two attached hydrogens (primary N) is 1. The zero-order valence-electron chi connectivity index (χ0n) is 18.8. The molecular weight excluding hydrogens is 412 g/mol. The van der Waals surface area contributed by atoms with E-state index in [0.717, 1.165) is 73.8 Å². The van der Waals surface area contributed by atoms with Crippen molar-refractivity contribution in [3.63, 3.8) is 0 Å². The van der Waals surface area contributed by atoms with Crippen LogP contribution in [-0.4, -0.2) is 50.3 Å². The Hall–Kier alpha value is -3.52. The van der Waals surface area contributed by atoms with Crippen LogP contribution in [0.1, 0.15) is 31.7 Å². The summed E-state index contributed by atoms with van der Waals surface area (Å²) in [4.78, 5) is 18.8. The molecule has 168 valence electrons. The van der Waals surface area contributed by atoms with Gasteiger partial charge in [-0.15, -0.1) is 0 Å². The largest absolute Gasteiger partial charge is 0.355 e. The highest BCUT2D eigenvalue weighted by atomic mass is 15.3. The highest BCUT2D eigenvalue weighted by Crippen LogP contribution is 2.39. The number of fused-ring (bicyclic) bond motifs is 2. The van der Waals surface area contributed by atoms with Crippen molar-refractivity contribution in [1.29, 1.82) is 0 Å². The third kappa shape index (κ3) is 3.60. The first-order valence-electron chi connectivity index (χ1n) is 11.6. The van der Waals surface area contributed by atoms with E-state index in [0.29, 0.717) is 0 Å². The molecule has 8 heteroatoms. The van der Waals surface area contributed by atoms with Gasteiger partial charge in [0, 0.05) is 42.6 Å². The van der Waals surface area contributed by atoms with Crippen LogP contribution >= 0.6 is 0 Å². The molecule has 3 aromatic heterocycles. The van der Waals surface area contributed by atoms with Crippen LogP contribution in [0.25, 0.3) is 22.4 Å². The number of hydrogen-bond donors (Lipinski definition) is 2. The first-order valence-corrected chi connectivity index (χ1v) is 11.6. The van der Waals surface area contributed by atoms with E-state index in [1.807, 2.05) is 24.5 Å². The van der Waals surface area contributed by atoms with Crippen LogP contribution in [0.2, 0.25) is 0 Å². The van der Waals surface area contributed by atoms with Crippen molar-refractivity contribution in [3.8, 4) is 11.3 Å². The molecule has 33 heavy (non-hydrogen) atoms. The summed E-state index contributed by atoms with van der Waals surface area (Å²) in [6, 6.07) is 12.5. The number of H-pyrrole nitrogens is 1. The number of nitrogens with zero attached hydrogens (tertiary/aromatic N) is 6. The number of piperidine rings is 1. The number of anilines is 3. The maximum atomic E-state index is 6.29. The fourth-order valence-electron chi connectivity index (χ4n) is 4.97. The van der Waals surface area contributed by atoms with Gasteiger partial charge in [-0.05, 0) is 56.4 Å². The fourth-order valence-corrected chi connectivity index (χ4v) is 4.97. The second-order valence-corrected chi connectivity index (χ2v) is 9.39. The lowest BCUT2D eigenvalue weighted by Gasteiger charge is -2.37. The first-order chi connectivity index (χ1) is 16.1. The van der Waals surface area contributed by atoms with Gasteiger partial charge in [0.05, 0.1) is 11.9 Å². The number of aromatic nitrogens is 5. The van der Waals surface area contributed by atoms with Gasteiger partial charge in [-0.1, -0.05) is 18.2 Å². The van der Waals surface area contributed by atoms with Crippen LogP contribution in [0.5, 0.6) is 0 Å². The molecule has 0 aliphatic carbocycles. The molecule has 2 aliphatic rings.